The number of rotatable bonds is 7. The molecule has 16 heavy (non-hydrogen) atoms. The van der Waals surface area contributed by atoms with E-state index < -0.39 is 0 Å². The summed E-state index contributed by atoms with van der Waals surface area (Å²) in [5, 5.41) is 0. The zero-order valence-electron chi connectivity index (χ0n) is 9.90. The fourth-order valence-corrected chi connectivity index (χ4v) is 1.39. The molecular weight excluding hydrogens is 206 g/mol. The third-order valence-corrected chi connectivity index (χ3v) is 2.17. The Bertz CT molecular complexity index is 318. The second-order valence-corrected chi connectivity index (χ2v) is 3.49. The van der Waals surface area contributed by atoms with Gasteiger partial charge in [0.25, 0.3) is 0 Å². The lowest BCUT2D eigenvalue weighted by Gasteiger charge is -2.10. The van der Waals surface area contributed by atoms with Crippen LogP contribution in [0.15, 0.2) is 6.33 Å². The zero-order chi connectivity index (χ0) is 11.8. The Morgan fingerprint density at radius 1 is 1.31 bits per heavy atom. The smallest absolute Gasteiger partial charge is 0.221 e. The van der Waals surface area contributed by atoms with Gasteiger partial charge in [0.05, 0.1) is 12.2 Å². The van der Waals surface area contributed by atoms with E-state index in [0.717, 1.165) is 24.8 Å². The minimum absolute atomic E-state index is 0.513. The van der Waals surface area contributed by atoms with E-state index in [4.69, 9.17) is 15.2 Å². The molecule has 1 aromatic rings. The lowest BCUT2D eigenvalue weighted by Crippen LogP contribution is -2.07. The number of nitrogens with two attached hydrogens (primary N) is 1. The second-order valence-electron chi connectivity index (χ2n) is 3.49. The van der Waals surface area contributed by atoms with Crippen molar-refractivity contribution >= 4 is 5.82 Å². The van der Waals surface area contributed by atoms with Gasteiger partial charge in [0.2, 0.25) is 5.88 Å². The van der Waals surface area contributed by atoms with E-state index in [0.29, 0.717) is 24.9 Å². The Morgan fingerprint density at radius 3 is 2.81 bits per heavy atom. The maximum Gasteiger partial charge on any atom is 0.221 e. The van der Waals surface area contributed by atoms with Gasteiger partial charge in [-0.2, -0.15) is 0 Å². The van der Waals surface area contributed by atoms with Crippen molar-refractivity contribution in [2.24, 2.45) is 0 Å². The second kappa shape index (κ2) is 7.00. The number of methoxy groups -OCH3 is 1. The number of ether oxygens (including phenoxy) is 2. The molecule has 0 aromatic carbocycles. The average molecular weight is 225 g/mol. The van der Waals surface area contributed by atoms with Gasteiger partial charge in [-0.25, -0.2) is 9.97 Å². The highest BCUT2D eigenvalue weighted by atomic mass is 16.5. The van der Waals surface area contributed by atoms with Crippen molar-refractivity contribution in [3.8, 4) is 5.88 Å². The molecule has 1 heterocycles. The summed E-state index contributed by atoms with van der Waals surface area (Å²) in [5.74, 6) is 1.11. The Morgan fingerprint density at radius 2 is 2.12 bits per heavy atom. The van der Waals surface area contributed by atoms with Crippen LogP contribution >= 0.6 is 0 Å². The van der Waals surface area contributed by atoms with E-state index in [1.165, 1.54) is 6.33 Å². The van der Waals surface area contributed by atoms with Gasteiger partial charge in [-0.3, -0.25) is 0 Å². The molecule has 0 bridgehead atoms. The van der Waals surface area contributed by atoms with Crippen molar-refractivity contribution in [3.05, 3.63) is 11.9 Å². The number of nitrogen functional groups attached to an aromatic ring is 1. The molecule has 0 atom stereocenters. The van der Waals surface area contributed by atoms with Crippen LogP contribution in [0, 0.1) is 0 Å². The van der Waals surface area contributed by atoms with Crippen LogP contribution in [0.4, 0.5) is 5.82 Å². The van der Waals surface area contributed by atoms with Crippen LogP contribution < -0.4 is 10.5 Å². The summed E-state index contributed by atoms with van der Waals surface area (Å²) in [6.07, 6.45) is 4.10. The largest absolute Gasteiger partial charge is 0.477 e. The van der Waals surface area contributed by atoms with E-state index in [1.807, 2.05) is 0 Å². The standard InChI is InChI=1S/C11H19N3O2/c1-3-5-9-10(12)13-8-14-11(9)16-7-4-6-15-2/h8H,3-7H2,1-2H3,(H2,12,13,14). The molecule has 5 nitrogen and oxygen atoms in total. The predicted octanol–water partition coefficient (Wildman–Crippen LogP) is 1.43. The third kappa shape index (κ3) is 3.66. The summed E-state index contributed by atoms with van der Waals surface area (Å²) in [6.45, 7) is 3.35. The minimum atomic E-state index is 0.513. The van der Waals surface area contributed by atoms with Gasteiger partial charge in [0.15, 0.2) is 0 Å². The van der Waals surface area contributed by atoms with E-state index >= 15 is 0 Å². The van der Waals surface area contributed by atoms with Crippen molar-refractivity contribution in [2.75, 3.05) is 26.1 Å². The molecule has 1 rings (SSSR count). The first-order valence-electron chi connectivity index (χ1n) is 5.50. The number of anilines is 1. The SMILES string of the molecule is CCCc1c(N)ncnc1OCCCOC. The number of hydrogen-bond acceptors (Lipinski definition) is 5. The number of nitrogens with zero attached hydrogens (tertiary/aromatic N) is 2. The molecule has 0 fully saturated rings. The van der Waals surface area contributed by atoms with E-state index in [1.54, 1.807) is 7.11 Å². The highest BCUT2D eigenvalue weighted by Gasteiger charge is 2.09. The van der Waals surface area contributed by atoms with E-state index in [-0.39, 0.29) is 0 Å². The quantitative estimate of drug-likeness (QED) is 0.711. The van der Waals surface area contributed by atoms with Crippen LogP contribution in [0.2, 0.25) is 0 Å². The van der Waals surface area contributed by atoms with Crippen LogP contribution in [0.5, 0.6) is 5.88 Å². The van der Waals surface area contributed by atoms with Crippen LogP contribution in [0.1, 0.15) is 25.3 Å². The summed E-state index contributed by atoms with van der Waals surface area (Å²) in [7, 11) is 1.67. The molecular formula is C11H19N3O2. The van der Waals surface area contributed by atoms with Crippen LogP contribution in [0.25, 0.3) is 0 Å². The van der Waals surface area contributed by atoms with Gasteiger partial charge in [0, 0.05) is 20.1 Å². The molecule has 0 saturated carbocycles. The summed E-state index contributed by atoms with van der Waals surface area (Å²) in [5.41, 5.74) is 6.69. The van der Waals surface area contributed by atoms with Gasteiger partial charge in [-0.05, 0) is 6.42 Å². The topological polar surface area (TPSA) is 70.3 Å². The van der Waals surface area contributed by atoms with Gasteiger partial charge in [-0.15, -0.1) is 0 Å². The zero-order valence-corrected chi connectivity index (χ0v) is 9.90. The Balaban J connectivity index is 2.59. The molecule has 90 valence electrons. The highest BCUT2D eigenvalue weighted by Crippen LogP contribution is 2.21. The molecule has 0 aliphatic rings. The lowest BCUT2D eigenvalue weighted by atomic mass is 10.2. The lowest BCUT2D eigenvalue weighted by molar-refractivity contribution is 0.170. The van der Waals surface area contributed by atoms with Crippen molar-refractivity contribution in [1.29, 1.82) is 0 Å². The maximum absolute atomic E-state index is 5.78. The van der Waals surface area contributed by atoms with Gasteiger partial charge >= 0.3 is 0 Å². The summed E-state index contributed by atoms with van der Waals surface area (Å²) < 4.78 is 10.5. The Kier molecular flexibility index (Phi) is 5.56. The molecule has 1 aromatic heterocycles. The normalized spacial score (nSPS) is 10.4. The van der Waals surface area contributed by atoms with Crippen LogP contribution in [-0.4, -0.2) is 30.3 Å². The minimum Gasteiger partial charge on any atom is -0.477 e. The molecule has 0 aliphatic heterocycles. The first kappa shape index (κ1) is 12.7. The Labute approximate surface area is 96.0 Å². The van der Waals surface area contributed by atoms with Crippen LogP contribution in [0.3, 0.4) is 0 Å². The molecule has 0 amide bonds. The third-order valence-electron chi connectivity index (χ3n) is 2.17. The number of aromatic nitrogens is 2. The molecule has 0 aliphatic carbocycles. The van der Waals surface area contributed by atoms with Gasteiger partial charge < -0.3 is 15.2 Å². The predicted molar refractivity (Wildman–Crippen MR) is 62.4 cm³/mol. The summed E-state index contributed by atoms with van der Waals surface area (Å²) in [6, 6.07) is 0. The molecule has 0 unspecified atom stereocenters. The van der Waals surface area contributed by atoms with Crippen molar-refractivity contribution < 1.29 is 9.47 Å². The Hall–Kier alpha value is -1.36. The van der Waals surface area contributed by atoms with Gasteiger partial charge in [0.1, 0.15) is 12.1 Å². The monoisotopic (exact) mass is 225 g/mol. The highest BCUT2D eigenvalue weighted by molar-refractivity contribution is 5.44. The van der Waals surface area contributed by atoms with E-state index in [2.05, 4.69) is 16.9 Å². The maximum atomic E-state index is 5.78. The van der Waals surface area contributed by atoms with Crippen molar-refractivity contribution in [2.45, 2.75) is 26.2 Å². The summed E-state index contributed by atoms with van der Waals surface area (Å²) in [4.78, 5) is 8.07. The van der Waals surface area contributed by atoms with Crippen LogP contribution in [-0.2, 0) is 11.2 Å². The molecule has 0 radical (unpaired) electrons. The average Bonchev–Trinajstić information content (AvgIpc) is 2.29. The first-order chi connectivity index (χ1) is 7.79. The fourth-order valence-electron chi connectivity index (χ4n) is 1.39. The fraction of sp³-hybridized carbons (Fsp3) is 0.636. The first-order valence-corrected chi connectivity index (χ1v) is 5.50. The van der Waals surface area contributed by atoms with E-state index in [9.17, 15) is 0 Å². The van der Waals surface area contributed by atoms with Gasteiger partial charge in [-0.1, -0.05) is 13.3 Å². The molecule has 0 saturated heterocycles. The van der Waals surface area contributed by atoms with Crippen molar-refractivity contribution in [3.63, 3.8) is 0 Å². The summed E-state index contributed by atoms with van der Waals surface area (Å²) >= 11 is 0. The molecule has 2 N–H and O–H groups in total. The molecule has 0 spiro atoms. The molecule has 5 heteroatoms. The number of hydrogen-bond donors (Lipinski definition) is 1. The van der Waals surface area contributed by atoms with Crippen molar-refractivity contribution in [1.82, 2.24) is 9.97 Å².